The normalized spacial score (nSPS) is 10.8. The van der Waals surface area contributed by atoms with Crippen LogP contribution in [-0.2, 0) is 12.8 Å². The summed E-state index contributed by atoms with van der Waals surface area (Å²) in [6, 6.07) is 6.62. The third-order valence-corrected chi connectivity index (χ3v) is 3.35. The molecule has 2 rings (SSSR count). The summed E-state index contributed by atoms with van der Waals surface area (Å²) < 4.78 is 0. The molecule has 18 heavy (non-hydrogen) atoms. The van der Waals surface area contributed by atoms with E-state index < -0.39 is 0 Å². The number of hydrogen-bond donors (Lipinski definition) is 0. The second kappa shape index (κ2) is 5.81. The van der Waals surface area contributed by atoms with E-state index in [0.717, 1.165) is 24.8 Å². The van der Waals surface area contributed by atoms with Gasteiger partial charge in [-0.05, 0) is 47.7 Å². The zero-order valence-corrected chi connectivity index (χ0v) is 11.4. The second-order valence-corrected chi connectivity index (χ2v) is 4.74. The van der Waals surface area contributed by atoms with Crippen molar-refractivity contribution in [3.05, 3.63) is 47.7 Å². The Balaban J connectivity index is 2.62. The molecule has 1 aromatic heterocycles. The smallest absolute Gasteiger partial charge is 0.0707 e. The molecule has 1 heteroatoms. The molecule has 0 aliphatic heterocycles. The summed E-state index contributed by atoms with van der Waals surface area (Å²) in [5, 5.41) is 1.29. The largest absolute Gasteiger partial charge is 0.256 e. The molecule has 0 atom stereocenters. The zero-order valence-electron chi connectivity index (χ0n) is 11.4. The lowest BCUT2D eigenvalue weighted by Crippen LogP contribution is -1.94. The topological polar surface area (TPSA) is 12.9 Å². The molecule has 2 aromatic rings. The number of aryl methyl sites for hydroxylation is 2. The highest BCUT2D eigenvalue weighted by Gasteiger charge is 2.06. The Labute approximate surface area is 110 Å². The summed E-state index contributed by atoms with van der Waals surface area (Å²) >= 11 is 0. The lowest BCUT2D eigenvalue weighted by atomic mass is 9.97. The average molecular weight is 239 g/mol. The zero-order chi connectivity index (χ0) is 13.0. The molecule has 0 spiro atoms. The number of benzene rings is 1. The first-order valence-corrected chi connectivity index (χ1v) is 6.83. The first-order chi connectivity index (χ1) is 8.80. The Bertz CT molecular complexity index is 555. The molecule has 0 bridgehead atoms. The van der Waals surface area contributed by atoms with E-state index in [1.807, 2.05) is 12.3 Å². The Morgan fingerprint density at radius 3 is 2.50 bits per heavy atom. The van der Waals surface area contributed by atoms with Crippen molar-refractivity contribution < 1.29 is 0 Å². The molecule has 0 amide bonds. The van der Waals surface area contributed by atoms with Crippen LogP contribution in [0.1, 0.15) is 43.4 Å². The number of rotatable bonds is 5. The predicted octanol–water partition coefficient (Wildman–Crippen LogP) is 4.78. The van der Waals surface area contributed by atoms with Gasteiger partial charge in [0.25, 0.3) is 0 Å². The van der Waals surface area contributed by atoms with Crippen LogP contribution in [0, 0.1) is 0 Å². The SMILES string of the molecule is C=Cc1cc2c(CCC)ccnc2cc1CCC. The molecule has 1 heterocycles. The van der Waals surface area contributed by atoms with Crippen molar-refractivity contribution in [2.45, 2.75) is 39.5 Å². The van der Waals surface area contributed by atoms with Crippen LogP contribution in [0.2, 0.25) is 0 Å². The van der Waals surface area contributed by atoms with E-state index >= 15 is 0 Å². The van der Waals surface area contributed by atoms with Gasteiger partial charge in [0.05, 0.1) is 5.52 Å². The Morgan fingerprint density at radius 1 is 1.11 bits per heavy atom. The van der Waals surface area contributed by atoms with Crippen molar-refractivity contribution in [2.75, 3.05) is 0 Å². The van der Waals surface area contributed by atoms with E-state index in [4.69, 9.17) is 0 Å². The highest BCUT2D eigenvalue weighted by atomic mass is 14.6. The van der Waals surface area contributed by atoms with E-state index in [-0.39, 0.29) is 0 Å². The monoisotopic (exact) mass is 239 g/mol. The van der Waals surface area contributed by atoms with Gasteiger partial charge in [-0.3, -0.25) is 4.98 Å². The maximum Gasteiger partial charge on any atom is 0.0707 e. The maximum absolute atomic E-state index is 4.51. The van der Waals surface area contributed by atoms with Crippen molar-refractivity contribution in [3.8, 4) is 0 Å². The van der Waals surface area contributed by atoms with Crippen molar-refractivity contribution in [2.24, 2.45) is 0 Å². The quantitative estimate of drug-likeness (QED) is 0.731. The summed E-state index contributed by atoms with van der Waals surface area (Å²) in [7, 11) is 0. The third-order valence-electron chi connectivity index (χ3n) is 3.35. The van der Waals surface area contributed by atoms with E-state index in [9.17, 15) is 0 Å². The van der Waals surface area contributed by atoms with Gasteiger partial charge in [0.1, 0.15) is 0 Å². The van der Waals surface area contributed by atoms with Crippen LogP contribution < -0.4 is 0 Å². The number of fused-ring (bicyclic) bond motifs is 1. The molecular weight excluding hydrogens is 218 g/mol. The molecule has 94 valence electrons. The van der Waals surface area contributed by atoms with E-state index in [1.54, 1.807) is 0 Å². The summed E-state index contributed by atoms with van der Waals surface area (Å²) in [6.07, 6.45) is 8.42. The van der Waals surface area contributed by atoms with Crippen molar-refractivity contribution >= 4 is 17.0 Å². The molecule has 0 unspecified atom stereocenters. The van der Waals surface area contributed by atoms with Crippen molar-refractivity contribution in [1.82, 2.24) is 4.98 Å². The summed E-state index contributed by atoms with van der Waals surface area (Å²) in [6.45, 7) is 8.36. The van der Waals surface area contributed by atoms with Crippen LogP contribution in [0.25, 0.3) is 17.0 Å². The van der Waals surface area contributed by atoms with Crippen LogP contribution in [0.5, 0.6) is 0 Å². The summed E-state index contributed by atoms with van der Waals surface area (Å²) in [4.78, 5) is 4.51. The molecule has 1 nitrogen and oxygen atoms in total. The summed E-state index contributed by atoms with van der Waals surface area (Å²) in [5.41, 5.74) is 5.14. The predicted molar refractivity (Wildman–Crippen MR) is 79.8 cm³/mol. The van der Waals surface area contributed by atoms with Crippen molar-refractivity contribution in [3.63, 3.8) is 0 Å². The molecule has 0 aliphatic rings. The molecule has 1 aromatic carbocycles. The Kier molecular flexibility index (Phi) is 4.14. The van der Waals surface area contributed by atoms with Crippen LogP contribution >= 0.6 is 0 Å². The van der Waals surface area contributed by atoms with Gasteiger partial charge in [-0.25, -0.2) is 0 Å². The number of pyridine rings is 1. The van der Waals surface area contributed by atoms with Gasteiger partial charge < -0.3 is 0 Å². The summed E-state index contributed by atoms with van der Waals surface area (Å²) in [5.74, 6) is 0. The van der Waals surface area contributed by atoms with Crippen LogP contribution in [0.4, 0.5) is 0 Å². The first-order valence-electron chi connectivity index (χ1n) is 6.83. The van der Waals surface area contributed by atoms with Crippen molar-refractivity contribution in [1.29, 1.82) is 0 Å². The lowest BCUT2D eigenvalue weighted by Gasteiger charge is -2.10. The molecule has 0 saturated heterocycles. The Morgan fingerprint density at radius 2 is 1.83 bits per heavy atom. The van der Waals surface area contributed by atoms with Gasteiger partial charge >= 0.3 is 0 Å². The molecule has 0 N–H and O–H groups in total. The van der Waals surface area contributed by atoms with Crippen LogP contribution in [0.15, 0.2) is 31.0 Å². The minimum absolute atomic E-state index is 1.09. The third kappa shape index (κ3) is 2.45. The van der Waals surface area contributed by atoms with Gasteiger partial charge in [-0.15, -0.1) is 0 Å². The van der Waals surface area contributed by atoms with E-state index in [2.05, 4.69) is 43.6 Å². The van der Waals surface area contributed by atoms with Gasteiger partial charge in [-0.1, -0.05) is 39.3 Å². The minimum atomic E-state index is 1.09. The highest BCUT2D eigenvalue weighted by molar-refractivity contribution is 5.85. The van der Waals surface area contributed by atoms with Gasteiger partial charge in [0, 0.05) is 11.6 Å². The lowest BCUT2D eigenvalue weighted by molar-refractivity contribution is 0.917. The fourth-order valence-corrected chi connectivity index (χ4v) is 2.47. The molecule has 0 fully saturated rings. The number of hydrogen-bond acceptors (Lipinski definition) is 1. The molecule has 0 saturated carbocycles. The van der Waals surface area contributed by atoms with Gasteiger partial charge in [0.2, 0.25) is 0 Å². The molecule has 0 aliphatic carbocycles. The second-order valence-electron chi connectivity index (χ2n) is 4.74. The standard InChI is InChI=1S/C17H21N/c1-4-7-14-9-10-18-17-12-15(8-5-2)13(6-3)11-16(14)17/h6,9-12H,3-5,7-8H2,1-2H3. The van der Waals surface area contributed by atoms with Gasteiger partial charge in [0.15, 0.2) is 0 Å². The van der Waals surface area contributed by atoms with E-state index in [0.29, 0.717) is 0 Å². The molecular formula is C17H21N. The first kappa shape index (κ1) is 12.8. The van der Waals surface area contributed by atoms with E-state index in [1.165, 1.54) is 28.5 Å². The van der Waals surface area contributed by atoms with Crippen LogP contribution in [0.3, 0.4) is 0 Å². The van der Waals surface area contributed by atoms with Gasteiger partial charge in [-0.2, -0.15) is 0 Å². The fraction of sp³-hybridized carbons (Fsp3) is 0.353. The average Bonchev–Trinajstić information content (AvgIpc) is 2.39. The number of aromatic nitrogens is 1. The molecule has 0 radical (unpaired) electrons. The number of nitrogens with zero attached hydrogens (tertiary/aromatic N) is 1. The minimum Gasteiger partial charge on any atom is -0.256 e. The fourth-order valence-electron chi connectivity index (χ4n) is 2.47. The maximum atomic E-state index is 4.51. The highest BCUT2D eigenvalue weighted by Crippen LogP contribution is 2.24. The van der Waals surface area contributed by atoms with Crippen LogP contribution in [-0.4, -0.2) is 4.98 Å². The Hall–Kier alpha value is -1.63.